The second kappa shape index (κ2) is 5.64. The molecule has 1 fully saturated rings. The minimum Gasteiger partial charge on any atom is -0.340 e. The number of hydrogen-bond donors (Lipinski definition) is 1. The van der Waals surface area contributed by atoms with Gasteiger partial charge >= 0.3 is 0 Å². The van der Waals surface area contributed by atoms with Crippen LogP contribution in [-0.4, -0.2) is 11.9 Å². The highest BCUT2D eigenvalue weighted by molar-refractivity contribution is 5.79. The molecule has 1 aliphatic carbocycles. The summed E-state index contributed by atoms with van der Waals surface area (Å²) in [5.41, 5.74) is 0. The first-order valence-electron chi connectivity index (χ1n) is 5.48. The Kier molecular flexibility index (Phi) is 4.45. The van der Waals surface area contributed by atoms with E-state index >= 15 is 0 Å². The van der Waals surface area contributed by atoms with Crippen molar-refractivity contribution in [2.45, 2.75) is 51.5 Å². The number of rotatable bonds is 4. The summed E-state index contributed by atoms with van der Waals surface area (Å²) in [4.78, 5) is 11.6. The molecular weight excluding hydrogens is 176 g/mol. The van der Waals surface area contributed by atoms with Crippen LogP contribution in [0.15, 0.2) is 0 Å². The van der Waals surface area contributed by atoms with Gasteiger partial charge in [0.15, 0.2) is 0 Å². The standard InChI is InChI=1S/C11H18N2O/c1-2-5-10(8-12)13-11(14)9-6-3-4-7-9/h9-10H,2-7H2,1H3,(H,13,14). The van der Waals surface area contributed by atoms with Gasteiger partial charge in [-0.05, 0) is 19.3 Å². The van der Waals surface area contributed by atoms with Gasteiger partial charge in [-0.15, -0.1) is 0 Å². The molecule has 1 amide bonds. The van der Waals surface area contributed by atoms with Gasteiger partial charge < -0.3 is 5.32 Å². The molecule has 1 N–H and O–H groups in total. The van der Waals surface area contributed by atoms with E-state index in [9.17, 15) is 4.79 Å². The van der Waals surface area contributed by atoms with Crippen molar-refractivity contribution in [2.75, 3.05) is 0 Å². The Bertz CT molecular complexity index is 226. The van der Waals surface area contributed by atoms with Crippen molar-refractivity contribution in [1.29, 1.82) is 5.26 Å². The van der Waals surface area contributed by atoms with Gasteiger partial charge in [-0.25, -0.2) is 0 Å². The first kappa shape index (κ1) is 11.0. The molecule has 14 heavy (non-hydrogen) atoms. The van der Waals surface area contributed by atoms with Crippen LogP contribution in [0.25, 0.3) is 0 Å². The second-order valence-electron chi connectivity index (χ2n) is 3.96. The molecule has 0 aliphatic heterocycles. The molecule has 0 aromatic rings. The Hall–Kier alpha value is -1.04. The van der Waals surface area contributed by atoms with E-state index in [4.69, 9.17) is 5.26 Å². The minimum absolute atomic E-state index is 0.0856. The van der Waals surface area contributed by atoms with E-state index in [1.54, 1.807) is 0 Å². The van der Waals surface area contributed by atoms with Crippen molar-refractivity contribution in [1.82, 2.24) is 5.32 Å². The van der Waals surface area contributed by atoms with Crippen molar-refractivity contribution in [3.63, 3.8) is 0 Å². The Morgan fingerprint density at radius 3 is 2.71 bits per heavy atom. The number of nitrogens with one attached hydrogen (secondary N) is 1. The summed E-state index contributed by atoms with van der Waals surface area (Å²) >= 11 is 0. The molecule has 0 aromatic heterocycles. The third kappa shape index (κ3) is 3.02. The minimum atomic E-state index is -0.284. The van der Waals surface area contributed by atoms with E-state index in [1.807, 2.05) is 6.92 Å². The number of amides is 1. The summed E-state index contributed by atoms with van der Waals surface area (Å²) < 4.78 is 0. The molecule has 0 aromatic carbocycles. The van der Waals surface area contributed by atoms with Crippen LogP contribution in [0.1, 0.15) is 45.4 Å². The normalized spacial score (nSPS) is 18.9. The highest BCUT2D eigenvalue weighted by Gasteiger charge is 2.24. The highest BCUT2D eigenvalue weighted by Crippen LogP contribution is 2.24. The fraction of sp³-hybridized carbons (Fsp3) is 0.818. The summed E-state index contributed by atoms with van der Waals surface area (Å²) in [5, 5.41) is 11.6. The molecule has 0 spiro atoms. The van der Waals surface area contributed by atoms with Gasteiger partial charge in [-0.2, -0.15) is 5.26 Å². The summed E-state index contributed by atoms with van der Waals surface area (Å²) in [5.74, 6) is 0.255. The van der Waals surface area contributed by atoms with Crippen LogP contribution in [0.2, 0.25) is 0 Å². The first-order chi connectivity index (χ1) is 6.77. The smallest absolute Gasteiger partial charge is 0.224 e. The fourth-order valence-electron chi connectivity index (χ4n) is 1.94. The van der Waals surface area contributed by atoms with Gasteiger partial charge in [0.25, 0.3) is 0 Å². The Balaban J connectivity index is 2.34. The van der Waals surface area contributed by atoms with Gasteiger partial charge in [0.2, 0.25) is 5.91 Å². The van der Waals surface area contributed by atoms with Crippen molar-refractivity contribution in [3.05, 3.63) is 0 Å². The van der Waals surface area contributed by atoms with Crippen molar-refractivity contribution in [3.8, 4) is 6.07 Å². The number of carbonyl (C=O) groups is 1. The van der Waals surface area contributed by atoms with E-state index in [2.05, 4.69) is 11.4 Å². The van der Waals surface area contributed by atoms with Gasteiger partial charge in [0, 0.05) is 5.92 Å². The van der Waals surface area contributed by atoms with Crippen LogP contribution >= 0.6 is 0 Å². The van der Waals surface area contributed by atoms with Crippen LogP contribution < -0.4 is 5.32 Å². The maximum atomic E-state index is 11.6. The lowest BCUT2D eigenvalue weighted by molar-refractivity contribution is -0.125. The zero-order valence-corrected chi connectivity index (χ0v) is 8.75. The average molecular weight is 194 g/mol. The van der Waals surface area contributed by atoms with Crippen LogP contribution in [0, 0.1) is 17.2 Å². The summed E-state index contributed by atoms with van der Waals surface area (Å²) in [6, 6.07) is 1.84. The Morgan fingerprint density at radius 2 is 2.21 bits per heavy atom. The molecule has 1 atom stereocenters. The second-order valence-corrected chi connectivity index (χ2v) is 3.96. The molecule has 1 unspecified atom stereocenters. The summed E-state index contributed by atoms with van der Waals surface area (Å²) in [7, 11) is 0. The molecule has 0 bridgehead atoms. The topological polar surface area (TPSA) is 52.9 Å². The molecule has 0 radical (unpaired) electrons. The lowest BCUT2D eigenvalue weighted by Gasteiger charge is -2.13. The molecule has 3 heteroatoms. The van der Waals surface area contributed by atoms with Crippen LogP contribution in [0.5, 0.6) is 0 Å². The number of carbonyl (C=O) groups excluding carboxylic acids is 1. The molecule has 1 rings (SSSR count). The maximum absolute atomic E-state index is 11.6. The lowest BCUT2D eigenvalue weighted by atomic mass is 10.1. The van der Waals surface area contributed by atoms with E-state index in [-0.39, 0.29) is 17.9 Å². The Labute approximate surface area is 85.5 Å². The molecule has 0 saturated heterocycles. The lowest BCUT2D eigenvalue weighted by Crippen LogP contribution is -2.37. The van der Waals surface area contributed by atoms with Gasteiger partial charge in [-0.3, -0.25) is 4.79 Å². The maximum Gasteiger partial charge on any atom is 0.224 e. The number of nitriles is 1. The van der Waals surface area contributed by atoms with Crippen LogP contribution in [0.4, 0.5) is 0 Å². The van der Waals surface area contributed by atoms with Crippen molar-refractivity contribution < 1.29 is 4.79 Å². The molecular formula is C11H18N2O. The van der Waals surface area contributed by atoms with Crippen molar-refractivity contribution >= 4 is 5.91 Å². The van der Waals surface area contributed by atoms with Crippen LogP contribution in [-0.2, 0) is 4.79 Å². The molecule has 78 valence electrons. The summed E-state index contributed by atoms with van der Waals surface area (Å²) in [6.07, 6.45) is 6.00. The third-order valence-electron chi connectivity index (χ3n) is 2.78. The van der Waals surface area contributed by atoms with E-state index in [0.29, 0.717) is 0 Å². The molecule has 3 nitrogen and oxygen atoms in total. The molecule has 1 saturated carbocycles. The predicted molar refractivity (Wildman–Crippen MR) is 54.4 cm³/mol. The van der Waals surface area contributed by atoms with Crippen LogP contribution in [0.3, 0.4) is 0 Å². The SMILES string of the molecule is CCCC(C#N)NC(=O)C1CCCC1. The predicted octanol–water partition coefficient (Wildman–Crippen LogP) is 1.99. The van der Waals surface area contributed by atoms with E-state index in [1.165, 1.54) is 0 Å². The molecule has 1 aliphatic rings. The number of hydrogen-bond acceptors (Lipinski definition) is 2. The van der Waals surface area contributed by atoms with Gasteiger partial charge in [-0.1, -0.05) is 26.2 Å². The highest BCUT2D eigenvalue weighted by atomic mass is 16.1. The van der Waals surface area contributed by atoms with E-state index < -0.39 is 0 Å². The summed E-state index contributed by atoms with van der Waals surface area (Å²) in [6.45, 7) is 2.02. The van der Waals surface area contributed by atoms with Gasteiger partial charge in [0.1, 0.15) is 6.04 Å². The zero-order chi connectivity index (χ0) is 10.4. The average Bonchev–Trinajstić information content (AvgIpc) is 2.69. The zero-order valence-electron chi connectivity index (χ0n) is 8.75. The first-order valence-corrected chi connectivity index (χ1v) is 5.48. The van der Waals surface area contributed by atoms with E-state index in [0.717, 1.165) is 38.5 Å². The number of nitrogens with zero attached hydrogens (tertiary/aromatic N) is 1. The van der Waals surface area contributed by atoms with Crippen molar-refractivity contribution in [2.24, 2.45) is 5.92 Å². The molecule has 0 heterocycles. The fourth-order valence-corrected chi connectivity index (χ4v) is 1.94. The quantitative estimate of drug-likeness (QED) is 0.744. The third-order valence-corrected chi connectivity index (χ3v) is 2.78. The Morgan fingerprint density at radius 1 is 1.57 bits per heavy atom. The largest absolute Gasteiger partial charge is 0.340 e. The monoisotopic (exact) mass is 194 g/mol. The van der Waals surface area contributed by atoms with Gasteiger partial charge in [0.05, 0.1) is 6.07 Å².